The van der Waals surface area contributed by atoms with Crippen molar-refractivity contribution in [2.24, 2.45) is 0 Å². The highest BCUT2D eigenvalue weighted by atomic mass is 35.5. The van der Waals surface area contributed by atoms with Crippen LogP contribution in [0.25, 0.3) is 32.1 Å². The van der Waals surface area contributed by atoms with E-state index in [2.05, 4.69) is 9.88 Å². The van der Waals surface area contributed by atoms with Crippen LogP contribution in [0.3, 0.4) is 0 Å². The van der Waals surface area contributed by atoms with Gasteiger partial charge in [0.2, 0.25) is 0 Å². The number of rotatable bonds is 6. The van der Waals surface area contributed by atoms with Crippen molar-refractivity contribution in [1.29, 1.82) is 5.26 Å². The standard InChI is InChI=1S/C33H31ClF5N7O2S/c34-25-23(18-3-4-20(36)29-22(18)19(10-40)30(41)49-29)26(39)27-24-28(25)47-14-17-12-44(13-21(37)38)6-2-8-46(17)31(24)43-32(42-27)48-15-33-5-1-7-45(33)11-16(35)9-33/h3-4,16-17,21H,1-2,5-9,11-15,41H2/t16-,17?,33+/m1/s1. The molecule has 4 aliphatic rings. The molecule has 3 fully saturated rings. The normalized spacial score (nSPS) is 24.2. The molecule has 1 unspecified atom stereocenters. The summed E-state index contributed by atoms with van der Waals surface area (Å²) in [5.74, 6) is -1.16. The van der Waals surface area contributed by atoms with E-state index in [9.17, 15) is 22.8 Å². The Hall–Kier alpha value is -3.71. The molecule has 0 bridgehead atoms. The molecule has 49 heavy (non-hydrogen) atoms. The van der Waals surface area contributed by atoms with Crippen LogP contribution in [0.5, 0.6) is 11.8 Å². The van der Waals surface area contributed by atoms with Crippen molar-refractivity contribution in [3.63, 3.8) is 0 Å². The molecule has 4 aliphatic heterocycles. The minimum absolute atomic E-state index is 0.00974. The van der Waals surface area contributed by atoms with Crippen LogP contribution in [-0.2, 0) is 0 Å². The molecular weight excluding hydrogens is 689 g/mol. The van der Waals surface area contributed by atoms with Crippen LogP contribution in [0.1, 0.15) is 31.2 Å². The van der Waals surface area contributed by atoms with Gasteiger partial charge in [0.1, 0.15) is 47.6 Å². The van der Waals surface area contributed by atoms with Crippen molar-refractivity contribution < 1.29 is 31.4 Å². The number of alkyl halides is 3. The summed E-state index contributed by atoms with van der Waals surface area (Å²) in [4.78, 5) is 15.0. The Morgan fingerprint density at radius 2 is 2.00 bits per heavy atom. The fourth-order valence-corrected chi connectivity index (χ4v) is 9.42. The lowest BCUT2D eigenvalue weighted by molar-refractivity contribution is 0.0853. The number of nitrogen functional groups attached to an aromatic ring is 1. The van der Waals surface area contributed by atoms with Gasteiger partial charge in [-0.05, 0) is 37.4 Å². The van der Waals surface area contributed by atoms with Crippen LogP contribution in [0, 0.1) is 23.0 Å². The zero-order chi connectivity index (χ0) is 34.2. The number of fused-ring (bicyclic) bond motifs is 4. The summed E-state index contributed by atoms with van der Waals surface area (Å²) in [5.41, 5.74) is 5.30. The molecule has 9 nitrogen and oxygen atoms in total. The fourth-order valence-electron chi connectivity index (χ4n) is 8.13. The number of anilines is 2. The van der Waals surface area contributed by atoms with E-state index in [0.717, 1.165) is 36.8 Å². The Morgan fingerprint density at radius 1 is 1.16 bits per heavy atom. The molecule has 258 valence electrons. The number of nitrogens with zero attached hydrogens (tertiary/aromatic N) is 6. The molecule has 0 amide bonds. The van der Waals surface area contributed by atoms with Crippen molar-refractivity contribution in [1.82, 2.24) is 19.8 Å². The molecule has 0 spiro atoms. The molecule has 4 aromatic rings. The van der Waals surface area contributed by atoms with Gasteiger partial charge in [0.25, 0.3) is 6.43 Å². The van der Waals surface area contributed by atoms with E-state index < -0.39 is 42.4 Å². The molecule has 6 heterocycles. The highest BCUT2D eigenvalue weighted by molar-refractivity contribution is 7.23. The van der Waals surface area contributed by atoms with Crippen molar-refractivity contribution >= 4 is 54.7 Å². The maximum absolute atomic E-state index is 17.2. The van der Waals surface area contributed by atoms with Crippen molar-refractivity contribution in [2.45, 2.75) is 49.9 Å². The summed E-state index contributed by atoms with van der Waals surface area (Å²) in [6.07, 6.45) is -1.06. The molecular formula is C33H31ClF5N7O2S. The lowest BCUT2D eigenvalue weighted by Gasteiger charge is -2.32. The Morgan fingerprint density at radius 3 is 2.80 bits per heavy atom. The molecule has 0 saturated carbocycles. The minimum Gasteiger partial charge on any atom is -0.489 e. The smallest absolute Gasteiger partial charge is 0.319 e. The molecule has 0 radical (unpaired) electrons. The molecule has 16 heteroatoms. The third-order valence-corrected chi connectivity index (χ3v) is 11.6. The molecule has 2 N–H and O–H groups in total. The fraction of sp³-hybridized carbons (Fsp3) is 0.485. The first kappa shape index (κ1) is 32.5. The Kier molecular flexibility index (Phi) is 8.13. The monoisotopic (exact) mass is 719 g/mol. The highest BCUT2D eigenvalue weighted by Gasteiger charge is 2.49. The third-order valence-electron chi connectivity index (χ3n) is 10.2. The van der Waals surface area contributed by atoms with Gasteiger partial charge in [0.15, 0.2) is 11.6 Å². The predicted octanol–water partition coefficient (Wildman–Crippen LogP) is 6.39. The number of nitriles is 1. The van der Waals surface area contributed by atoms with E-state index in [1.165, 1.54) is 6.07 Å². The largest absolute Gasteiger partial charge is 0.489 e. The van der Waals surface area contributed by atoms with Gasteiger partial charge < -0.3 is 20.1 Å². The Labute approximate surface area is 286 Å². The van der Waals surface area contributed by atoms with Gasteiger partial charge in [-0.25, -0.2) is 22.0 Å². The number of thiophene rings is 1. The van der Waals surface area contributed by atoms with E-state index in [4.69, 9.17) is 31.8 Å². The summed E-state index contributed by atoms with van der Waals surface area (Å²) in [7, 11) is 0. The molecule has 2 aromatic carbocycles. The van der Waals surface area contributed by atoms with Crippen LogP contribution in [0.2, 0.25) is 5.02 Å². The van der Waals surface area contributed by atoms with Crippen LogP contribution in [0.4, 0.5) is 32.8 Å². The first-order valence-corrected chi connectivity index (χ1v) is 17.3. The quantitative estimate of drug-likeness (QED) is 0.227. The summed E-state index contributed by atoms with van der Waals surface area (Å²) >= 11 is 7.88. The lowest BCUT2D eigenvalue weighted by atomic mass is 9.95. The van der Waals surface area contributed by atoms with Crippen LogP contribution >= 0.6 is 22.9 Å². The summed E-state index contributed by atoms with van der Waals surface area (Å²) < 4.78 is 86.3. The second kappa shape index (κ2) is 12.3. The maximum Gasteiger partial charge on any atom is 0.319 e. The molecule has 8 rings (SSSR count). The number of ether oxygens (including phenoxy) is 2. The van der Waals surface area contributed by atoms with Gasteiger partial charge in [0, 0.05) is 43.5 Å². The van der Waals surface area contributed by atoms with Gasteiger partial charge in [-0.3, -0.25) is 9.80 Å². The number of hydrogen-bond acceptors (Lipinski definition) is 10. The summed E-state index contributed by atoms with van der Waals surface area (Å²) in [6.45, 7) is 1.80. The Balaban J connectivity index is 1.32. The lowest BCUT2D eigenvalue weighted by Crippen LogP contribution is -2.45. The van der Waals surface area contributed by atoms with Gasteiger partial charge in [0.05, 0.1) is 38.8 Å². The van der Waals surface area contributed by atoms with Gasteiger partial charge in [-0.1, -0.05) is 17.7 Å². The molecule has 3 saturated heterocycles. The summed E-state index contributed by atoms with van der Waals surface area (Å²) in [6, 6.07) is 3.89. The zero-order valence-electron chi connectivity index (χ0n) is 26.1. The number of benzene rings is 2. The van der Waals surface area contributed by atoms with Crippen molar-refractivity contribution in [3.05, 3.63) is 34.4 Å². The van der Waals surface area contributed by atoms with E-state index in [1.807, 2.05) is 11.0 Å². The molecule has 2 aromatic heterocycles. The van der Waals surface area contributed by atoms with E-state index >= 15 is 4.39 Å². The third kappa shape index (κ3) is 5.30. The number of hydrogen-bond donors (Lipinski definition) is 1. The minimum atomic E-state index is -2.53. The predicted molar refractivity (Wildman–Crippen MR) is 177 cm³/mol. The van der Waals surface area contributed by atoms with Crippen LogP contribution in [-0.4, -0.2) is 96.4 Å². The van der Waals surface area contributed by atoms with Gasteiger partial charge in [-0.15, -0.1) is 11.3 Å². The second-order valence-electron chi connectivity index (χ2n) is 13.2. The Bertz CT molecular complexity index is 2030. The van der Waals surface area contributed by atoms with Crippen LogP contribution in [0.15, 0.2) is 12.1 Å². The molecule has 0 aliphatic carbocycles. The number of nitrogens with two attached hydrogens (primary N) is 1. The maximum atomic E-state index is 17.2. The number of aromatic nitrogens is 2. The number of halogens is 6. The highest BCUT2D eigenvalue weighted by Crippen LogP contribution is 2.51. The van der Waals surface area contributed by atoms with Gasteiger partial charge in [-0.2, -0.15) is 15.2 Å². The van der Waals surface area contributed by atoms with Gasteiger partial charge >= 0.3 is 6.01 Å². The van der Waals surface area contributed by atoms with Crippen molar-refractivity contribution in [2.75, 3.05) is 63.1 Å². The first-order valence-electron chi connectivity index (χ1n) is 16.1. The second-order valence-corrected chi connectivity index (χ2v) is 14.6. The van der Waals surface area contributed by atoms with E-state index in [1.54, 1.807) is 4.90 Å². The van der Waals surface area contributed by atoms with Crippen molar-refractivity contribution in [3.8, 4) is 29.0 Å². The van der Waals surface area contributed by atoms with E-state index in [0.29, 0.717) is 32.5 Å². The average molecular weight is 720 g/mol. The topological polar surface area (TPSA) is 104 Å². The molecule has 3 atom stereocenters. The van der Waals surface area contributed by atoms with Crippen LogP contribution < -0.4 is 20.1 Å². The summed E-state index contributed by atoms with van der Waals surface area (Å²) in [5, 5.41) is 10.1. The SMILES string of the molecule is N#Cc1c(N)sc2c(F)ccc(-c3c(Cl)c4c5c(nc(OC[C@@]67CCCN6C[C@H](F)C7)nc5c3F)N3CCCN(CC(F)F)CC3CO4)c12. The van der Waals surface area contributed by atoms with E-state index in [-0.39, 0.29) is 85.0 Å². The zero-order valence-corrected chi connectivity index (χ0v) is 27.7. The first-order chi connectivity index (χ1) is 23.6. The average Bonchev–Trinajstić information content (AvgIpc) is 3.61.